The average Bonchev–Trinajstić information content (AvgIpc) is 2.71. The van der Waals surface area contributed by atoms with Crippen LogP contribution in [0.5, 0.6) is 0 Å². The second-order valence-electron chi connectivity index (χ2n) is 4.87. The number of anilines is 1. The SMILES string of the molecule is C=CCNc1nn(CN2CCCCCCC2)c(=S)s1. The van der Waals surface area contributed by atoms with Crippen LogP contribution in [0.4, 0.5) is 5.13 Å². The van der Waals surface area contributed by atoms with Crippen LogP contribution in [0.3, 0.4) is 0 Å². The smallest absolute Gasteiger partial charge is 0.204 e. The first-order chi connectivity index (χ1) is 9.29. The quantitative estimate of drug-likeness (QED) is 0.666. The van der Waals surface area contributed by atoms with Crippen LogP contribution in [0.1, 0.15) is 32.1 Å². The maximum Gasteiger partial charge on any atom is 0.204 e. The van der Waals surface area contributed by atoms with E-state index in [1.165, 1.54) is 43.4 Å². The first kappa shape index (κ1) is 14.7. The predicted molar refractivity (Wildman–Crippen MR) is 84.3 cm³/mol. The highest BCUT2D eigenvalue weighted by molar-refractivity contribution is 7.73. The summed E-state index contributed by atoms with van der Waals surface area (Å²) in [7, 11) is 0. The van der Waals surface area contributed by atoms with E-state index in [9.17, 15) is 0 Å². The second-order valence-corrected chi connectivity index (χ2v) is 6.49. The molecule has 0 radical (unpaired) electrons. The van der Waals surface area contributed by atoms with Crippen LogP contribution in [0.2, 0.25) is 0 Å². The van der Waals surface area contributed by atoms with Crippen molar-refractivity contribution in [3.63, 3.8) is 0 Å². The van der Waals surface area contributed by atoms with Crippen LogP contribution in [-0.4, -0.2) is 34.3 Å². The van der Waals surface area contributed by atoms with Crippen molar-refractivity contribution in [2.24, 2.45) is 0 Å². The van der Waals surface area contributed by atoms with Gasteiger partial charge in [-0.2, -0.15) is 0 Å². The maximum absolute atomic E-state index is 5.38. The van der Waals surface area contributed by atoms with Crippen molar-refractivity contribution in [2.45, 2.75) is 38.8 Å². The zero-order chi connectivity index (χ0) is 13.5. The molecule has 106 valence electrons. The highest BCUT2D eigenvalue weighted by atomic mass is 32.1. The van der Waals surface area contributed by atoms with E-state index in [4.69, 9.17) is 12.2 Å². The molecule has 1 fully saturated rings. The number of likely N-dealkylation sites (tertiary alicyclic amines) is 1. The predicted octanol–water partition coefficient (Wildman–Crippen LogP) is 3.50. The molecule has 1 aromatic heterocycles. The lowest BCUT2D eigenvalue weighted by Gasteiger charge is -2.23. The Bertz CT molecular complexity index is 444. The number of hydrogen-bond donors (Lipinski definition) is 1. The molecule has 0 saturated carbocycles. The summed E-state index contributed by atoms with van der Waals surface area (Å²) in [6.45, 7) is 7.57. The molecule has 1 aromatic rings. The molecule has 1 aliphatic heterocycles. The van der Waals surface area contributed by atoms with Crippen molar-refractivity contribution in [3.8, 4) is 0 Å². The fourth-order valence-corrected chi connectivity index (χ4v) is 3.27. The zero-order valence-corrected chi connectivity index (χ0v) is 12.9. The van der Waals surface area contributed by atoms with E-state index in [0.29, 0.717) is 0 Å². The summed E-state index contributed by atoms with van der Waals surface area (Å²) in [5.74, 6) is 0. The van der Waals surface area contributed by atoms with Crippen LogP contribution < -0.4 is 5.32 Å². The van der Waals surface area contributed by atoms with Gasteiger partial charge in [0, 0.05) is 6.54 Å². The average molecular weight is 298 g/mol. The Kier molecular flexibility index (Phi) is 6.00. The van der Waals surface area contributed by atoms with Crippen LogP contribution in [0.15, 0.2) is 12.7 Å². The normalized spacial score (nSPS) is 17.7. The topological polar surface area (TPSA) is 33.1 Å². The van der Waals surface area contributed by atoms with E-state index in [2.05, 4.69) is 21.9 Å². The number of nitrogens with zero attached hydrogens (tertiary/aromatic N) is 3. The summed E-state index contributed by atoms with van der Waals surface area (Å²) in [6, 6.07) is 0. The van der Waals surface area contributed by atoms with Crippen molar-refractivity contribution in [3.05, 3.63) is 16.6 Å². The first-order valence-corrected chi connectivity index (χ1v) is 8.17. The molecule has 0 unspecified atom stereocenters. The van der Waals surface area contributed by atoms with Crippen molar-refractivity contribution in [2.75, 3.05) is 25.0 Å². The number of rotatable bonds is 5. The van der Waals surface area contributed by atoms with Gasteiger partial charge in [0.25, 0.3) is 0 Å². The highest BCUT2D eigenvalue weighted by Gasteiger charge is 2.10. The first-order valence-electron chi connectivity index (χ1n) is 6.94. The summed E-state index contributed by atoms with van der Waals surface area (Å²) in [6.07, 6.45) is 8.50. The Morgan fingerprint density at radius 1 is 1.26 bits per heavy atom. The largest absolute Gasteiger partial charge is 0.357 e. The van der Waals surface area contributed by atoms with Gasteiger partial charge in [-0.15, -0.1) is 11.7 Å². The highest BCUT2D eigenvalue weighted by Crippen LogP contribution is 2.16. The van der Waals surface area contributed by atoms with Crippen molar-refractivity contribution in [1.29, 1.82) is 0 Å². The molecule has 19 heavy (non-hydrogen) atoms. The third-order valence-corrected chi connectivity index (χ3v) is 4.55. The Balaban J connectivity index is 1.94. The van der Waals surface area contributed by atoms with E-state index in [-0.39, 0.29) is 0 Å². The van der Waals surface area contributed by atoms with E-state index in [1.54, 1.807) is 0 Å². The molecule has 2 heterocycles. The van der Waals surface area contributed by atoms with Crippen LogP contribution in [-0.2, 0) is 6.67 Å². The van der Waals surface area contributed by atoms with E-state index in [1.807, 2.05) is 10.8 Å². The molecule has 1 N–H and O–H groups in total. The van der Waals surface area contributed by atoms with Gasteiger partial charge in [0.15, 0.2) is 3.95 Å². The Morgan fingerprint density at radius 3 is 2.63 bits per heavy atom. The molecular formula is C13H22N4S2. The zero-order valence-electron chi connectivity index (χ0n) is 11.3. The van der Waals surface area contributed by atoms with Gasteiger partial charge in [-0.05, 0) is 38.1 Å². The van der Waals surface area contributed by atoms with E-state index in [0.717, 1.165) is 35.4 Å². The molecule has 0 spiro atoms. The third kappa shape index (κ3) is 4.71. The molecule has 2 rings (SSSR count). The molecule has 0 aliphatic carbocycles. The van der Waals surface area contributed by atoms with Gasteiger partial charge in [-0.3, -0.25) is 4.90 Å². The third-order valence-electron chi connectivity index (χ3n) is 3.29. The second kappa shape index (κ2) is 7.77. The minimum Gasteiger partial charge on any atom is -0.357 e. The number of hydrogen-bond acceptors (Lipinski definition) is 5. The molecule has 0 atom stereocenters. The van der Waals surface area contributed by atoms with Gasteiger partial charge in [0.05, 0.1) is 6.67 Å². The van der Waals surface area contributed by atoms with Gasteiger partial charge in [0.1, 0.15) is 0 Å². The van der Waals surface area contributed by atoms with Gasteiger partial charge >= 0.3 is 0 Å². The summed E-state index contributed by atoms with van der Waals surface area (Å²) in [5.41, 5.74) is 0. The van der Waals surface area contributed by atoms with E-state index >= 15 is 0 Å². The van der Waals surface area contributed by atoms with E-state index < -0.39 is 0 Å². The van der Waals surface area contributed by atoms with Gasteiger partial charge in [0.2, 0.25) is 5.13 Å². The minimum absolute atomic E-state index is 0.728. The van der Waals surface area contributed by atoms with Crippen LogP contribution in [0, 0.1) is 3.95 Å². The molecule has 0 aromatic carbocycles. The van der Waals surface area contributed by atoms with Gasteiger partial charge in [-0.1, -0.05) is 36.7 Å². The molecule has 0 bridgehead atoms. The summed E-state index contributed by atoms with van der Waals surface area (Å²) >= 11 is 6.91. The van der Waals surface area contributed by atoms with Crippen LogP contribution in [0.25, 0.3) is 0 Å². The minimum atomic E-state index is 0.728. The molecule has 1 aliphatic rings. The molecular weight excluding hydrogens is 276 g/mol. The lowest BCUT2D eigenvalue weighted by atomic mass is 10.1. The monoisotopic (exact) mass is 298 g/mol. The lowest BCUT2D eigenvalue weighted by molar-refractivity contribution is 0.189. The molecule has 6 heteroatoms. The standard InChI is InChI=1S/C13H22N4S2/c1-2-8-14-12-15-17(13(18)19-12)11-16-9-6-4-3-5-7-10-16/h2H,1,3-11H2,(H,14,15). The molecule has 1 saturated heterocycles. The van der Waals surface area contributed by atoms with Crippen LogP contribution >= 0.6 is 23.6 Å². The summed E-state index contributed by atoms with van der Waals surface area (Å²) < 4.78 is 2.78. The molecule has 0 amide bonds. The Morgan fingerprint density at radius 2 is 1.95 bits per heavy atom. The van der Waals surface area contributed by atoms with Crippen molar-refractivity contribution < 1.29 is 0 Å². The van der Waals surface area contributed by atoms with Gasteiger partial charge < -0.3 is 5.32 Å². The van der Waals surface area contributed by atoms with Gasteiger partial charge in [-0.25, -0.2) is 4.68 Å². The fraction of sp³-hybridized carbons (Fsp3) is 0.692. The Labute approximate surface area is 124 Å². The summed E-state index contributed by atoms with van der Waals surface area (Å²) in [4.78, 5) is 2.46. The maximum atomic E-state index is 5.38. The Hall–Kier alpha value is -0.720. The summed E-state index contributed by atoms with van der Waals surface area (Å²) in [5, 5.41) is 8.61. The number of aromatic nitrogens is 2. The fourth-order valence-electron chi connectivity index (χ4n) is 2.27. The van der Waals surface area contributed by atoms with Crippen molar-refractivity contribution in [1.82, 2.24) is 14.7 Å². The molecule has 4 nitrogen and oxygen atoms in total. The number of nitrogens with one attached hydrogen (secondary N) is 1. The lowest BCUT2D eigenvalue weighted by Crippen LogP contribution is -2.30. The van der Waals surface area contributed by atoms with Crippen molar-refractivity contribution >= 4 is 28.7 Å².